The highest BCUT2D eigenvalue weighted by atomic mass is 32.2. The molecule has 72 valence electrons. The molecule has 0 rings (SSSR count). The predicted molar refractivity (Wildman–Crippen MR) is 50.3 cm³/mol. The molecule has 4 heteroatoms. The Morgan fingerprint density at radius 2 is 2.25 bits per heavy atom. The molecule has 0 aromatic heterocycles. The van der Waals surface area contributed by atoms with Crippen molar-refractivity contribution >= 4 is 17.7 Å². The van der Waals surface area contributed by atoms with E-state index in [1.54, 1.807) is 6.92 Å². The van der Waals surface area contributed by atoms with Crippen LogP contribution in [0.4, 0.5) is 0 Å². The largest absolute Gasteiger partial charge is 0.465 e. The zero-order valence-corrected chi connectivity index (χ0v) is 8.39. The summed E-state index contributed by atoms with van der Waals surface area (Å²) in [6, 6.07) is 0. The predicted octanol–water partition coefficient (Wildman–Crippen LogP) is 1.05. The van der Waals surface area contributed by atoms with E-state index in [1.807, 2.05) is 6.92 Å². The van der Waals surface area contributed by atoms with Crippen molar-refractivity contribution in [2.45, 2.75) is 25.5 Å². The number of esters is 1. The summed E-state index contributed by atoms with van der Waals surface area (Å²) in [6.45, 7) is 4.27. The number of carbonyl (C=O) groups is 1. The van der Waals surface area contributed by atoms with Gasteiger partial charge in [0.1, 0.15) is 5.25 Å². The zero-order chi connectivity index (χ0) is 9.40. The van der Waals surface area contributed by atoms with Gasteiger partial charge < -0.3 is 9.84 Å². The second kappa shape index (κ2) is 7.43. The third-order valence-electron chi connectivity index (χ3n) is 1.33. The van der Waals surface area contributed by atoms with Crippen LogP contribution in [0.5, 0.6) is 0 Å². The first-order chi connectivity index (χ1) is 5.76. The SMILES string of the molecule is CCOC(=O)C(CC)SCCO. The molecule has 1 N–H and O–H groups in total. The van der Waals surface area contributed by atoms with Gasteiger partial charge in [-0.25, -0.2) is 0 Å². The highest BCUT2D eigenvalue weighted by Gasteiger charge is 2.16. The van der Waals surface area contributed by atoms with Crippen LogP contribution >= 0.6 is 11.8 Å². The van der Waals surface area contributed by atoms with E-state index < -0.39 is 0 Å². The first-order valence-corrected chi connectivity index (χ1v) is 5.20. The number of aliphatic hydroxyl groups excluding tert-OH is 1. The van der Waals surface area contributed by atoms with Crippen LogP contribution in [0.1, 0.15) is 20.3 Å². The minimum atomic E-state index is -0.168. The summed E-state index contributed by atoms with van der Waals surface area (Å²) in [6.07, 6.45) is 0.753. The van der Waals surface area contributed by atoms with Gasteiger partial charge in [0, 0.05) is 5.75 Å². The quantitative estimate of drug-likeness (QED) is 0.639. The third kappa shape index (κ3) is 4.62. The summed E-state index contributed by atoms with van der Waals surface area (Å²) < 4.78 is 4.85. The third-order valence-corrected chi connectivity index (χ3v) is 2.68. The molecule has 0 aromatic rings. The fourth-order valence-electron chi connectivity index (χ4n) is 0.783. The van der Waals surface area contributed by atoms with Crippen molar-refractivity contribution in [2.75, 3.05) is 19.0 Å². The Hall–Kier alpha value is -0.220. The van der Waals surface area contributed by atoms with Crippen molar-refractivity contribution in [3.8, 4) is 0 Å². The van der Waals surface area contributed by atoms with Crippen LogP contribution in [0.3, 0.4) is 0 Å². The van der Waals surface area contributed by atoms with E-state index in [1.165, 1.54) is 11.8 Å². The molecular weight excluding hydrogens is 176 g/mol. The summed E-state index contributed by atoms with van der Waals surface area (Å²) in [5.41, 5.74) is 0. The number of rotatable bonds is 6. The van der Waals surface area contributed by atoms with Gasteiger partial charge in [-0.1, -0.05) is 6.92 Å². The van der Waals surface area contributed by atoms with E-state index in [0.717, 1.165) is 6.42 Å². The molecule has 0 radical (unpaired) electrons. The van der Waals surface area contributed by atoms with Gasteiger partial charge in [0.25, 0.3) is 0 Å². The van der Waals surface area contributed by atoms with Gasteiger partial charge in [-0.15, -0.1) is 11.8 Å². The lowest BCUT2D eigenvalue weighted by molar-refractivity contribution is -0.142. The van der Waals surface area contributed by atoms with Crippen LogP contribution in [0.2, 0.25) is 0 Å². The second-order valence-electron chi connectivity index (χ2n) is 2.24. The first-order valence-electron chi connectivity index (χ1n) is 4.15. The Kier molecular flexibility index (Phi) is 7.29. The molecule has 0 aliphatic carbocycles. The Labute approximate surface area is 77.5 Å². The van der Waals surface area contributed by atoms with Gasteiger partial charge in [-0.3, -0.25) is 4.79 Å². The number of thioether (sulfide) groups is 1. The molecule has 0 fully saturated rings. The highest BCUT2D eigenvalue weighted by Crippen LogP contribution is 2.15. The van der Waals surface area contributed by atoms with Crippen LogP contribution in [0.25, 0.3) is 0 Å². The smallest absolute Gasteiger partial charge is 0.319 e. The molecule has 0 saturated carbocycles. The minimum absolute atomic E-state index is 0.112. The summed E-state index contributed by atoms with van der Waals surface area (Å²) in [5, 5.41) is 8.44. The lowest BCUT2D eigenvalue weighted by Gasteiger charge is -2.11. The molecule has 0 bridgehead atoms. The van der Waals surface area contributed by atoms with Gasteiger partial charge in [-0.2, -0.15) is 0 Å². The lowest BCUT2D eigenvalue weighted by Crippen LogP contribution is -2.20. The van der Waals surface area contributed by atoms with Crippen molar-refractivity contribution < 1.29 is 14.6 Å². The summed E-state index contributed by atoms with van der Waals surface area (Å²) in [7, 11) is 0. The van der Waals surface area contributed by atoms with E-state index >= 15 is 0 Å². The summed E-state index contributed by atoms with van der Waals surface area (Å²) in [5.74, 6) is 0.426. The maximum Gasteiger partial charge on any atom is 0.319 e. The van der Waals surface area contributed by atoms with Crippen molar-refractivity contribution in [2.24, 2.45) is 0 Å². The van der Waals surface area contributed by atoms with E-state index in [-0.39, 0.29) is 17.8 Å². The van der Waals surface area contributed by atoms with Gasteiger partial charge in [0.2, 0.25) is 0 Å². The average Bonchev–Trinajstić information content (AvgIpc) is 2.06. The molecule has 0 aliphatic heterocycles. The standard InChI is InChI=1S/C8H16O3S/c1-3-7(12-6-5-9)8(10)11-4-2/h7,9H,3-6H2,1-2H3. The average molecular weight is 192 g/mol. The maximum atomic E-state index is 11.2. The van der Waals surface area contributed by atoms with E-state index in [2.05, 4.69) is 0 Å². The number of aliphatic hydroxyl groups is 1. The van der Waals surface area contributed by atoms with Crippen molar-refractivity contribution in [1.82, 2.24) is 0 Å². The number of ether oxygens (including phenoxy) is 1. The molecule has 0 spiro atoms. The normalized spacial score (nSPS) is 12.6. The molecule has 12 heavy (non-hydrogen) atoms. The monoisotopic (exact) mass is 192 g/mol. The Balaban J connectivity index is 3.71. The van der Waals surface area contributed by atoms with Gasteiger partial charge in [0.15, 0.2) is 0 Å². The molecule has 0 aromatic carbocycles. The Morgan fingerprint density at radius 3 is 2.67 bits per heavy atom. The zero-order valence-electron chi connectivity index (χ0n) is 7.58. The van der Waals surface area contributed by atoms with Crippen LogP contribution in [0.15, 0.2) is 0 Å². The van der Waals surface area contributed by atoms with Crippen molar-refractivity contribution in [3.05, 3.63) is 0 Å². The number of carbonyl (C=O) groups excluding carboxylic acids is 1. The molecule has 1 atom stereocenters. The molecular formula is C8H16O3S. The Morgan fingerprint density at radius 1 is 1.58 bits per heavy atom. The summed E-state index contributed by atoms with van der Waals surface area (Å²) in [4.78, 5) is 11.2. The Bertz CT molecular complexity index is 127. The van der Waals surface area contributed by atoms with Crippen molar-refractivity contribution in [1.29, 1.82) is 0 Å². The second-order valence-corrected chi connectivity index (χ2v) is 3.55. The minimum Gasteiger partial charge on any atom is -0.465 e. The fraction of sp³-hybridized carbons (Fsp3) is 0.875. The molecule has 0 aliphatic rings. The molecule has 0 amide bonds. The van der Waals surface area contributed by atoms with Crippen LogP contribution in [0, 0.1) is 0 Å². The molecule has 1 unspecified atom stereocenters. The van der Waals surface area contributed by atoms with E-state index in [0.29, 0.717) is 12.4 Å². The van der Waals surface area contributed by atoms with E-state index in [4.69, 9.17) is 9.84 Å². The van der Waals surface area contributed by atoms with Crippen LogP contribution in [-0.2, 0) is 9.53 Å². The maximum absolute atomic E-state index is 11.2. The number of hydrogen-bond donors (Lipinski definition) is 1. The first kappa shape index (κ1) is 11.8. The van der Waals surface area contributed by atoms with Gasteiger partial charge >= 0.3 is 5.97 Å². The lowest BCUT2D eigenvalue weighted by atomic mass is 10.3. The topological polar surface area (TPSA) is 46.5 Å². The fourth-order valence-corrected chi connectivity index (χ4v) is 1.61. The van der Waals surface area contributed by atoms with Gasteiger partial charge in [0.05, 0.1) is 13.2 Å². The van der Waals surface area contributed by atoms with Gasteiger partial charge in [-0.05, 0) is 13.3 Å². The molecule has 3 nitrogen and oxygen atoms in total. The summed E-state index contributed by atoms with van der Waals surface area (Å²) >= 11 is 1.45. The highest BCUT2D eigenvalue weighted by molar-refractivity contribution is 8.00. The molecule has 0 saturated heterocycles. The van der Waals surface area contributed by atoms with E-state index in [9.17, 15) is 4.79 Å². The van der Waals surface area contributed by atoms with Crippen LogP contribution in [-0.4, -0.2) is 35.3 Å². The van der Waals surface area contributed by atoms with Crippen LogP contribution < -0.4 is 0 Å². The molecule has 0 heterocycles. The van der Waals surface area contributed by atoms with Crippen molar-refractivity contribution in [3.63, 3.8) is 0 Å². The number of hydrogen-bond acceptors (Lipinski definition) is 4.